The van der Waals surface area contributed by atoms with Gasteiger partial charge in [-0.05, 0) is 123 Å². The topological polar surface area (TPSA) is 109 Å². The second-order valence-electron chi connectivity index (χ2n) is 20.1. The van der Waals surface area contributed by atoms with Crippen LogP contribution in [0.15, 0.2) is 24.3 Å². The molecule has 1 aromatic rings. The van der Waals surface area contributed by atoms with E-state index in [0.29, 0.717) is 44.4 Å². The van der Waals surface area contributed by atoms with Gasteiger partial charge >= 0.3 is 0 Å². The monoisotopic (exact) mass is 707 g/mol. The van der Waals surface area contributed by atoms with E-state index in [-0.39, 0.29) is 57.0 Å². The molecule has 0 aromatic heterocycles. The van der Waals surface area contributed by atoms with Crippen LogP contribution in [-0.4, -0.2) is 88.2 Å². The van der Waals surface area contributed by atoms with Gasteiger partial charge in [0, 0.05) is 12.0 Å². The molecule has 7 fully saturated rings. The molecule has 2 spiro atoms. The van der Waals surface area contributed by atoms with E-state index < -0.39 is 30.2 Å². The Hall–Kier alpha value is -1.55. The number of fused-ring (bicyclic) bond motifs is 4. The molecule has 7 aliphatic rings. The summed E-state index contributed by atoms with van der Waals surface area (Å²) in [5.74, 6) is 1.61. The Morgan fingerprint density at radius 3 is 2.43 bits per heavy atom. The number of aliphatic hydroxyl groups excluding tert-OH is 2. The minimum Gasteiger partial charge on any atom is -0.390 e. The molecule has 8 rings (SSSR count). The normalized spacial score (nSPS) is 47.7. The lowest BCUT2D eigenvalue weighted by Gasteiger charge is -2.64. The fourth-order valence-corrected chi connectivity index (χ4v) is 14.3. The highest BCUT2D eigenvalue weighted by atomic mass is 16.7. The fraction of sp³-hybridized carbons (Fsp3) is 0.837. The number of hydrogen-bond acceptors (Lipinski definition) is 7. The Labute approximate surface area is 306 Å². The van der Waals surface area contributed by atoms with Gasteiger partial charge in [0.2, 0.25) is 5.91 Å². The number of morpholine rings is 1. The number of ether oxygens (including phenoxy) is 3. The van der Waals surface area contributed by atoms with Crippen LogP contribution in [0.25, 0.3) is 0 Å². The van der Waals surface area contributed by atoms with Crippen molar-refractivity contribution in [1.82, 2.24) is 4.90 Å². The zero-order valence-electron chi connectivity index (χ0n) is 32.5. The molecule has 14 atom stereocenters. The molecule has 14 unspecified atom stereocenters. The Bertz CT molecular complexity index is 1510. The van der Waals surface area contributed by atoms with Crippen molar-refractivity contribution in [3.8, 4) is 0 Å². The van der Waals surface area contributed by atoms with Gasteiger partial charge in [0.05, 0.1) is 49.6 Å². The van der Waals surface area contributed by atoms with Crippen molar-refractivity contribution in [2.24, 2.45) is 50.7 Å². The fourth-order valence-electron chi connectivity index (χ4n) is 14.3. The highest BCUT2D eigenvalue weighted by Crippen LogP contribution is 2.89. The predicted octanol–water partition coefficient (Wildman–Crippen LogP) is 6.05. The first-order chi connectivity index (χ1) is 23.9. The lowest BCUT2D eigenvalue weighted by atomic mass is 9.41. The van der Waals surface area contributed by atoms with Crippen molar-refractivity contribution in [3.63, 3.8) is 0 Å². The summed E-state index contributed by atoms with van der Waals surface area (Å²) in [5.41, 5.74) is 1.11. The molecule has 5 saturated carbocycles. The number of aliphatic hydroxyl groups is 3. The first kappa shape index (κ1) is 36.4. The molecule has 0 radical (unpaired) electrons. The van der Waals surface area contributed by atoms with Gasteiger partial charge in [-0.25, -0.2) is 0 Å². The van der Waals surface area contributed by atoms with Crippen molar-refractivity contribution in [2.75, 3.05) is 19.7 Å². The molecule has 2 heterocycles. The maximum atomic E-state index is 13.3. The summed E-state index contributed by atoms with van der Waals surface area (Å²) in [6.45, 7) is 18.9. The maximum Gasteiger partial charge on any atom is 0.227 e. The molecular formula is C43H65NO7. The van der Waals surface area contributed by atoms with Crippen LogP contribution >= 0.6 is 0 Å². The van der Waals surface area contributed by atoms with E-state index >= 15 is 0 Å². The second-order valence-corrected chi connectivity index (χ2v) is 20.1. The smallest absolute Gasteiger partial charge is 0.227 e. The SMILES string of the molecule is Cc1ccc(CC(=O)N2CCOC(OC3CCC45CC46CCC4(C)C7C(C)CC(C(O)C(C)(C)O)OC7C(O)C4(C)C6CCC5C3(C)C)C2)cc1. The van der Waals surface area contributed by atoms with Crippen LogP contribution in [0.2, 0.25) is 0 Å². The quantitative estimate of drug-likeness (QED) is 0.330. The lowest BCUT2D eigenvalue weighted by molar-refractivity contribution is -0.248. The first-order valence-corrected chi connectivity index (χ1v) is 20.2. The summed E-state index contributed by atoms with van der Waals surface area (Å²) in [7, 11) is 0. The van der Waals surface area contributed by atoms with Crippen molar-refractivity contribution < 1.29 is 34.3 Å². The number of nitrogens with zero attached hydrogens (tertiary/aromatic N) is 1. The maximum absolute atomic E-state index is 13.3. The van der Waals surface area contributed by atoms with Gasteiger partial charge in [0.25, 0.3) is 0 Å². The summed E-state index contributed by atoms with van der Waals surface area (Å²) in [6, 6.07) is 8.22. The van der Waals surface area contributed by atoms with E-state index in [1.54, 1.807) is 13.8 Å². The van der Waals surface area contributed by atoms with E-state index in [4.69, 9.17) is 14.2 Å². The predicted molar refractivity (Wildman–Crippen MR) is 194 cm³/mol. The van der Waals surface area contributed by atoms with Gasteiger partial charge in [-0.3, -0.25) is 4.79 Å². The Morgan fingerprint density at radius 1 is 1.04 bits per heavy atom. The molecule has 3 N–H and O–H groups in total. The Balaban J connectivity index is 0.976. The number of hydrogen-bond donors (Lipinski definition) is 3. The average Bonchev–Trinajstić information content (AvgIpc) is 3.71. The molecule has 8 heteroatoms. The van der Waals surface area contributed by atoms with Gasteiger partial charge < -0.3 is 34.4 Å². The van der Waals surface area contributed by atoms with Crippen molar-refractivity contribution in [1.29, 1.82) is 0 Å². The third kappa shape index (κ3) is 5.15. The molecule has 2 saturated heterocycles. The van der Waals surface area contributed by atoms with Crippen molar-refractivity contribution in [2.45, 2.75) is 156 Å². The number of benzene rings is 1. The molecule has 0 bridgehead atoms. The van der Waals surface area contributed by atoms with Crippen LogP contribution in [0.4, 0.5) is 0 Å². The summed E-state index contributed by atoms with van der Waals surface area (Å²) in [4.78, 5) is 15.2. The van der Waals surface area contributed by atoms with Gasteiger partial charge in [0.15, 0.2) is 6.29 Å². The van der Waals surface area contributed by atoms with Crippen LogP contribution in [-0.2, 0) is 25.4 Å². The molecule has 51 heavy (non-hydrogen) atoms. The number of amides is 1. The molecule has 284 valence electrons. The van der Waals surface area contributed by atoms with Gasteiger partial charge in [0.1, 0.15) is 6.10 Å². The summed E-state index contributed by atoms with van der Waals surface area (Å²) >= 11 is 0. The van der Waals surface area contributed by atoms with E-state index in [1.165, 1.54) is 18.4 Å². The van der Waals surface area contributed by atoms with Crippen molar-refractivity contribution >= 4 is 5.91 Å². The molecule has 8 nitrogen and oxygen atoms in total. The van der Waals surface area contributed by atoms with Crippen LogP contribution in [0.3, 0.4) is 0 Å². The molecule has 1 amide bonds. The van der Waals surface area contributed by atoms with Gasteiger partial charge in [-0.15, -0.1) is 0 Å². The van der Waals surface area contributed by atoms with E-state index in [9.17, 15) is 20.1 Å². The number of aryl methyl sites for hydroxylation is 1. The third-order valence-corrected chi connectivity index (χ3v) is 17.0. The summed E-state index contributed by atoms with van der Waals surface area (Å²) in [5, 5.41) is 34.2. The minimum atomic E-state index is -1.26. The summed E-state index contributed by atoms with van der Waals surface area (Å²) in [6.07, 6.45) is 6.30. The number of carbonyl (C=O) groups excluding carboxylic acids is 1. The Kier molecular flexibility index (Phi) is 8.55. The highest BCUT2D eigenvalue weighted by Gasteiger charge is 2.84. The van der Waals surface area contributed by atoms with E-state index in [2.05, 4.69) is 53.7 Å². The Morgan fingerprint density at radius 2 is 1.73 bits per heavy atom. The van der Waals surface area contributed by atoms with Gasteiger partial charge in [-0.1, -0.05) is 64.4 Å². The minimum absolute atomic E-state index is 0.0354. The number of rotatable bonds is 6. The lowest BCUT2D eigenvalue weighted by Crippen LogP contribution is -2.60. The highest BCUT2D eigenvalue weighted by molar-refractivity contribution is 5.78. The zero-order chi connectivity index (χ0) is 36.5. The second kappa shape index (κ2) is 12.0. The van der Waals surface area contributed by atoms with Crippen LogP contribution in [0.5, 0.6) is 0 Å². The van der Waals surface area contributed by atoms with Crippen LogP contribution < -0.4 is 0 Å². The summed E-state index contributed by atoms with van der Waals surface area (Å²) < 4.78 is 19.7. The standard InChI is InChI=1S/C43H65NO7/c1-25-9-11-27(12-10-25)22-32(45)44-19-20-49-33(23-44)51-31-15-16-42-24-43(42)18-17-40(7)34-26(2)21-28(36(46)39(5,6)48)50-35(34)37(47)41(40,8)30(43)14-13-29(42)38(31,3)4/h9-12,26,28-31,33-37,46-48H,13-24H2,1-8H3. The molecule has 1 aromatic carbocycles. The molecule has 2 aliphatic heterocycles. The zero-order valence-corrected chi connectivity index (χ0v) is 32.5. The molecular weight excluding hydrogens is 642 g/mol. The van der Waals surface area contributed by atoms with E-state index in [1.807, 2.05) is 17.0 Å². The van der Waals surface area contributed by atoms with Crippen LogP contribution in [0, 0.1) is 57.7 Å². The average molecular weight is 708 g/mol. The number of carbonyl (C=O) groups is 1. The van der Waals surface area contributed by atoms with E-state index in [0.717, 1.165) is 37.7 Å². The third-order valence-electron chi connectivity index (χ3n) is 17.0. The van der Waals surface area contributed by atoms with Gasteiger partial charge in [-0.2, -0.15) is 0 Å². The first-order valence-electron chi connectivity index (χ1n) is 20.2. The van der Waals surface area contributed by atoms with Crippen molar-refractivity contribution in [3.05, 3.63) is 35.4 Å². The largest absolute Gasteiger partial charge is 0.390 e. The molecule has 5 aliphatic carbocycles. The van der Waals surface area contributed by atoms with Crippen LogP contribution in [0.1, 0.15) is 111 Å².